The number of hydrogen-bond donors (Lipinski definition) is 1. The minimum atomic E-state index is -1.20. The van der Waals surface area contributed by atoms with Gasteiger partial charge in [-0.25, -0.2) is 9.31 Å². The zero-order valence-electron chi connectivity index (χ0n) is 11.3. The molecule has 0 aliphatic rings. The maximum absolute atomic E-state index is 11.0. The fourth-order valence-corrected chi connectivity index (χ4v) is 2.08. The van der Waals surface area contributed by atoms with Gasteiger partial charge in [-0.05, 0) is 6.92 Å². The summed E-state index contributed by atoms with van der Waals surface area (Å²) in [6, 6.07) is 7.59. The lowest BCUT2D eigenvalue weighted by atomic mass is 10.1. The van der Waals surface area contributed by atoms with Gasteiger partial charge in [0.25, 0.3) is 5.69 Å². The third-order valence-corrected chi connectivity index (χ3v) is 3.16. The molecular weight excluding hydrogens is 290 g/mol. The molecule has 0 unspecified atom stereocenters. The number of aromatic carboxylic acids is 1. The molecule has 1 N–H and O–H groups in total. The Morgan fingerprint density at radius 2 is 2.09 bits per heavy atom. The summed E-state index contributed by atoms with van der Waals surface area (Å²) >= 11 is 0. The number of fused-ring (bicyclic) bond motifs is 1. The first kappa shape index (κ1) is 13.6. The van der Waals surface area contributed by atoms with Crippen LogP contribution in [0.1, 0.15) is 16.2 Å². The lowest BCUT2D eigenvalue weighted by Gasteiger charge is -2.00. The predicted molar refractivity (Wildman–Crippen MR) is 74.6 cm³/mol. The van der Waals surface area contributed by atoms with Gasteiger partial charge in [0.15, 0.2) is 11.3 Å². The molecule has 0 fully saturated rings. The molecule has 3 aromatic rings. The number of carbonyl (C=O) groups is 1. The molecule has 0 spiro atoms. The second-order valence-electron chi connectivity index (χ2n) is 4.55. The number of carboxylic acids is 1. The number of carboxylic acid groups (broad SMARTS) is 1. The Labute approximate surface area is 123 Å². The number of rotatable bonds is 3. The van der Waals surface area contributed by atoms with Gasteiger partial charge in [-0.3, -0.25) is 10.1 Å². The minimum absolute atomic E-state index is 0.0522. The van der Waals surface area contributed by atoms with Gasteiger partial charge in [0.1, 0.15) is 0 Å². The molecule has 0 saturated heterocycles. The van der Waals surface area contributed by atoms with Gasteiger partial charge in [-0.15, -0.1) is 10.2 Å². The van der Waals surface area contributed by atoms with Crippen LogP contribution in [0.25, 0.3) is 16.9 Å². The van der Waals surface area contributed by atoms with Crippen LogP contribution >= 0.6 is 0 Å². The van der Waals surface area contributed by atoms with Gasteiger partial charge in [-0.2, -0.15) is 5.10 Å². The van der Waals surface area contributed by atoms with Crippen molar-refractivity contribution in [3.8, 4) is 11.3 Å². The Morgan fingerprint density at radius 1 is 1.32 bits per heavy atom. The van der Waals surface area contributed by atoms with Crippen LogP contribution in [-0.2, 0) is 0 Å². The van der Waals surface area contributed by atoms with Gasteiger partial charge < -0.3 is 5.11 Å². The predicted octanol–water partition coefficient (Wildman–Crippen LogP) is 1.71. The maximum atomic E-state index is 11.0. The van der Waals surface area contributed by atoms with Gasteiger partial charge >= 0.3 is 5.97 Å². The van der Waals surface area contributed by atoms with Crippen LogP contribution in [0.5, 0.6) is 0 Å². The van der Waals surface area contributed by atoms with Crippen molar-refractivity contribution >= 4 is 17.3 Å². The van der Waals surface area contributed by atoms with E-state index in [0.717, 1.165) is 0 Å². The third kappa shape index (κ3) is 2.14. The van der Waals surface area contributed by atoms with Crippen LogP contribution in [0.3, 0.4) is 0 Å². The first-order valence-electron chi connectivity index (χ1n) is 6.18. The monoisotopic (exact) mass is 299 g/mol. The van der Waals surface area contributed by atoms with Gasteiger partial charge in [-0.1, -0.05) is 12.1 Å². The van der Waals surface area contributed by atoms with E-state index in [4.69, 9.17) is 5.11 Å². The summed E-state index contributed by atoms with van der Waals surface area (Å²) in [5.74, 6) is -1.20. The normalized spacial score (nSPS) is 10.8. The highest BCUT2D eigenvalue weighted by molar-refractivity contribution is 5.86. The van der Waals surface area contributed by atoms with E-state index in [-0.39, 0.29) is 11.4 Å². The van der Waals surface area contributed by atoms with Crippen molar-refractivity contribution in [2.45, 2.75) is 6.92 Å². The van der Waals surface area contributed by atoms with Crippen LogP contribution in [0.15, 0.2) is 30.3 Å². The number of nitro groups is 1. The highest BCUT2D eigenvalue weighted by atomic mass is 16.6. The highest BCUT2D eigenvalue weighted by Crippen LogP contribution is 2.23. The summed E-state index contributed by atoms with van der Waals surface area (Å²) in [4.78, 5) is 21.4. The molecule has 0 radical (unpaired) electrons. The fraction of sp³-hybridized carbons (Fsp3) is 0.0769. The fourth-order valence-electron chi connectivity index (χ4n) is 2.08. The van der Waals surface area contributed by atoms with Crippen molar-refractivity contribution in [3.05, 3.63) is 51.8 Å². The molecule has 9 heteroatoms. The standard InChI is InChI=1S/C13H9N5O4/c1-7-12(13(19)20)15-14-11-6-10(16-17(7)11)8-3-2-4-9(5-8)18(21)22/h2-6H,1H3,(H,19,20). The van der Waals surface area contributed by atoms with Crippen molar-refractivity contribution in [2.24, 2.45) is 0 Å². The number of hydrogen-bond acceptors (Lipinski definition) is 6. The van der Waals surface area contributed by atoms with E-state index < -0.39 is 10.9 Å². The molecule has 1 aromatic carbocycles. The largest absolute Gasteiger partial charge is 0.476 e. The number of aryl methyl sites for hydroxylation is 1. The quantitative estimate of drug-likeness (QED) is 0.576. The topological polar surface area (TPSA) is 124 Å². The summed E-state index contributed by atoms with van der Waals surface area (Å²) in [5.41, 5.74) is 1.43. The van der Waals surface area contributed by atoms with E-state index in [2.05, 4.69) is 15.3 Å². The SMILES string of the molecule is Cc1c(C(=O)O)nnc2cc(-c3cccc([N+](=O)[O-])c3)nn12. The molecule has 2 aromatic heterocycles. The van der Waals surface area contributed by atoms with Crippen molar-refractivity contribution in [1.29, 1.82) is 0 Å². The summed E-state index contributed by atoms with van der Waals surface area (Å²) in [6.45, 7) is 1.56. The second-order valence-corrected chi connectivity index (χ2v) is 4.55. The molecular formula is C13H9N5O4. The second kappa shape index (κ2) is 4.88. The Bertz CT molecular complexity index is 918. The first-order chi connectivity index (χ1) is 10.5. The Morgan fingerprint density at radius 3 is 2.77 bits per heavy atom. The van der Waals surface area contributed by atoms with E-state index in [1.165, 1.54) is 16.6 Å². The van der Waals surface area contributed by atoms with Crippen molar-refractivity contribution in [3.63, 3.8) is 0 Å². The Hall–Kier alpha value is -3.36. The average Bonchev–Trinajstić information content (AvgIpc) is 2.92. The van der Waals surface area contributed by atoms with Crippen LogP contribution in [0, 0.1) is 17.0 Å². The van der Waals surface area contributed by atoms with Gasteiger partial charge in [0.05, 0.1) is 16.3 Å². The van der Waals surface area contributed by atoms with E-state index in [1.807, 2.05) is 0 Å². The molecule has 9 nitrogen and oxygen atoms in total. The highest BCUT2D eigenvalue weighted by Gasteiger charge is 2.16. The summed E-state index contributed by atoms with van der Waals surface area (Å²) in [7, 11) is 0. The maximum Gasteiger partial charge on any atom is 0.358 e. The molecule has 0 saturated carbocycles. The number of aromatic nitrogens is 4. The first-order valence-corrected chi connectivity index (χ1v) is 6.18. The summed E-state index contributed by atoms with van der Waals surface area (Å²) in [6.07, 6.45) is 0. The average molecular weight is 299 g/mol. The number of non-ortho nitro benzene ring substituents is 1. The molecule has 0 aliphatic heterocycles. The molecule has 0 aliphatic carbocycles. The van der Waals surface area contributed by atoms with Crippen LogP contribution < -0.4 is 0 Å². The zero-order chi connectivity index (χ0) is 15.9. The molecule has 0 amide bonds. The van der Waals surface area contributed by atoms with E-state index in [1.54, 1.807) is 25.1 Å². The number of nitrogens with zero attached hydrogens (tertiary/aromatic N) is 5. The summed E-state index contributed by atoms with van der Waals surface area (Å²) in [5, 5.41) is 31.5. The molecule has 0 bridgehead atoms. The third-order valence-electron chi connectivity index (χ3n) is 3.16. The molecule has 0 atom stereocenters. The van der Waals surface area contributed by atoms with E-state index >= 15 is 0 Å². The Kier molecular flexibility index (Phi) is 3.02. The molecule has 2 heterocycles. The van der Waals surface area contributed by atoms with E-state index in [0.29, 0.717) is 22.6 Å². The number of nitro benzene ring substituents is 1. The number of benzene rings is 1. The smallest absolute Gasteiger partial charge is 0.358 e. The Balaban J connectivity index is 2.17. The zero-order valence-corrected chi connectivity index (χ0v) is 11.3. The van der Waals surface area contributed by atoms with E-state index in [9.17, 15) is 14.9 Å². The van der Waals surface area contributed by atoms with Crippen LogP contribution in [0.2, 0.25) is 0 Å². The molecule has 110 valence electrons. The van der Waals surface area contributed by atoms with Crippen molar-refractivity contribution < 1.29 is 14.8 Å². The van der Waals surface area contributed by atoms with Gasteiger partial charge in [0, 0.05) is 23.8 Å². The molecule has 22 heavy (non-hydrogen) atoms. The van der Waals surface area contributed by atoms with Crippen molar-refractivity contribution in [1.82, 2.24) is 19.8 Å². The van der Waals surface area contributed by atoms with Gasteiger partial charge in [0.2, 0.25) is 0 Å². The lowest BCUT2D eigenvalue weighted by Crippen LogP contribution is -2.10. The lowest BCUT2D eigenvalue weighted by molar-refractivity contribution is -0.384. The van der Waals surface area contributed by atoms with Crippen LogP contribution in [-0.4, -0.2) is 35.8 Å². The van der Waals surface area contributed by atoms with Crippen molar-refractivity contribution in [2.75, 3.05) is 0 Å². The summed E-state index contributed by atoms with van der Waals surface area (Å²) < 4.78 is 1.35. The minimum Gasteiger partial charge on any atom is -0.476 e. The van der Waals surface area contributed by atoms with Crippen LogP contribution in [0.4, 0.5) is 5.69 Å². The molecule has 3 rings (SSSR count).